The van der Waals surface area contributed by atoms with Gasteiger partial charge in [-0.25, -0.2) is 8.78 Å². The first-order valence-electron chi connectivity index (χ1n) is 7.51. The number of nitrogens with zero attached hydrogens (tertiary/aromatic N) is 1. The molecule has 2 nitrogen and oxygen atoms in total. The largest absolute Gasteiger partial charge is 0.370 e. The highest BCUT2D eigenvalue weighted by molar-refractivity contribution is 5.50. The van der Waals surface area contributed by atoms with Crippen LogP contribution in [-0.4, -0.2) is 20.1 Å². The summed E-state index contributed by atoms with van der Waals surface area (Å²) < 4.78 is 28.2. The van der Waals surface area contributed by atoms with Crippen LogP contribution in [0.15, 0.2) is 12.1 Å². The molecule has 1 saturated carbocycles. The van der Waals surface area contributed by atoms with Gasteiger partial charge in [0.05, 0.1) is 0 Å². The maximum Gasteiger partial charge on any atom is 0.149 e. The van der Waals surface area contributed by atoms with E-state index in [4.69, 9.17) is 5.73 Å². The number of hydrogen-bond donors (Lipinski definition) is 1. The fraction of sp³-hybridized carbons (Fsp3) is 0.625. The Bertz CT molecular complexity index is 419. The number of hydrogen-bond acceptors (Lipinski definition) is 2. The van der Waals surface area contributed by atoms with E-state index in [1.807, 2.05) is 0 Å². The molecule has 0 radical (unpaired) electrons. The average Bonchev–Trinajstić information content (AvgIpc) is 2.39. The van der Waals surface area contributed by atoms with E-state index in [1.165, 1.54) is 44.2 Å². The van der Waals surface area contributed by atoms with E-state index in [0.29, 0.717) is 24.4 Å². The van der Waals surface area contributed by atoms with E-state index in [2.05, 4.69) is 0 Å². The summed E-state index contributed by atoms with van der Waals surface area (Å²) in [6, 6.07) is 2.81. The quantitative estimate of drug-likeness (QED) is 0.896. The highest BCUT2D eigenvalue weighted by Crippen LogP contribution is 2.29. The molecule has 1 aliphatic rings. The Morgan fingerprint density at radius 1 is 1.15 bits per heavy atom. The molecule has 1 aromatic carbocycles. The van der Waals surface area contributed by atoms with Crippen LogP contribution < -0.4 is 10.6 Å². The molecule has 4 heteroatoms. The number of halogens is 2. The first-order chi connectivity index (χ1) is 9.61. The fourth-order valence-electron chi connectivity index (χ4n) is 3.14. The van der Waals surface area contributed by atoms with Crippen LogP contribution in [0.2, 0.25) is 0 Å². The molecular formula is C16H24F2N2. The third-order valence-corrected chi connectivity index (χ3v) is 4.15. The summed E-state index contributed by atoms with van der Waals surface area (Å²) in [5, 5.41) is 0. The molecule has 0 atom stereocenters. The van der Waals surface area contributed by atoms with Gasteiger partial charge in [-0.2, -0.15) is 0 Å². The van der Waals surface area contributed by atoms with E-state index in [1.54, 1.807) is 11.9 Å². The third-order valence-electron chi connectivity index (χ3n) is 4.15. The molecular weight excluding hydrogens is 258 g/mol. The standard InChI is InChI=1S/C16H24F2N2/c1-20(11-12-5-3-2-4-6-12)16-14(17)9-13(7-8-19)10-15(16)18/h9-10,12H,2-8,11,19H2,1H3. The van der Waals surface area contributed by atoms with Gasteiger partial charge in [0.25, 0.3) is 0 Å². The Morgan fingerprint density at radius 3 is 2.30 bits per heavy atom. The van der Waals surface area contributed by atoms with Crippen LogP contribution in [0.1, 0.15) is 37.7 Å². The van der Waals surface area contributed by atoms with E-state index >= 15 is 0 Å². The van der Waals surface area contributed by atoms with Crippen molar-refractivity contribution in [3.63, 3.8) is 0 Å². The summed E-state index contributed by atoms with van der Waals surface area (Å²) in [6.45, 7) is 1.13. The minimum atomic E-state index is -0.480. The van der Waals surface area contributed by atoms with Crippen LogP contribution in [0, 0.1) is 17.6 Å². The Labute approximate surface area is 120 Å². The summed E-state index contributed by atoms with van der Waals surface area (Å²) in [4.78, 5) is 1.73. The van der Waals surface area contributed by atoms with Crippen LogP contribution in [-0.2, 0) is 6.42 Å². The monoisotopic (exact) mass is 282 g/mol. The zero-order valence-corrected chi connectivity index (χ0v) is 12.2. The number of anilines is 1. The van der Waals surface area contributed by atoms with Crippen molar-refractivity contribution < 1.29 is 8.78 Å². The first-order valence-corrected chi connectivity index (χ1v) is 7.51. The van der Waals surface area contributed by atoms with E-state index < -0.39 is 11.6 Å². The van der Waals surface area contributed by atoms with E-state index in [-0.39, 0.29) is 5.69 Å². The third kappa shape index (κ3) is 3.69. The van der Waals surface area contributed by atoms with Gasteiger partial charge in [-0.15, -0.1) is 0 Å². The lowest BCUT2D eigenvalue weighted by molar-refractivity contribution is 0.360. The molecule has 1 aliphatic carbocycles. The van der Waals surface area contributed by atoms with Crippen molar-refractivity contribution in [2.24, 2.45) is 11.7 Å². The number of benzene rings is 1. The summed E-state index contributed by atoms with van der Waals surface area (Å²) in [6.07, 6.45) is 6.59. The highest BCUT2D eigenvalue weighted by atomic mass is 19.1. The Balaban J connectivity index is 2.10. The first kappa shape index (κ1) is 15.2. The zero-order valence-electron chi connectivity index (χ0n) is 12.2. The van der Waals surface area contributed by atoms with Crippen molar-refractivity contribution >= 4 is 5.69 Å². The van der Waals surface area contributed by atoms with Crippen molar-refractivity contribution in [2.45, 2.75) is 38.5 Å². The summed E-state index contributed by atoms with van der Waals surface area (Å²) in [7, 11) is 1.78. The van der Waals surface area contributed by atoms with Crippen molar-refractivity contribution in [1.29, 1.82) is 0 Å². The van der Waals surface area contributed by atoms with Crippen LogP contribution in [0.4, 0.5) is 14.5 Å². The van der Waals surface area contributed by atoms with Gasteiger partial charge in [-0.1, -0.05) is 19.3 Å². The molecule has 0 saturated heterocycles. The van der Waals surface area contributed by atoms with Gasteiger partial charge >= 0.3 is 0 Å². The van der Waals surface area contributed by atoms with Gasteiger partial charge < -0.3 is 10.6 Å². The van der Waals surface area contributed by atoms with Crippen molar-refractivity contribution in [1.82, 2.24) is 0 Å². The molecule has 2 N–H and O–H groups in total. The second-order valence-electron chi connectivity index (χ2n) is 5.83. The summed E-state index contributed by atoms with van der Waals surface area (Å²) in [5.41, 5.74) is 6.14. The Morgan fingerprint density at radius 2 is 1.75 bits per heavy atom. The number of rotatable bonds is 5. The van der Waals surface area contributed by atoms with E-state index in [0.717, 1.165) is 6.54 Å². The maximum atomic E-state index is 14.1. The highest BCUT2D eigenvalue weighted by Gasteiger charge is 2.20. The minimum Gasteiger partial charge on any atom is -0.370 e. The summed E-state index contributed by atoms with van der Waals surface area (Å²) >= 11 is 0. The van der Waals surface area contributed by atoms with Gasteiger partial charge in [-0.05, 0) is 49.4 Å². The lowest BCUT2D eigenvalue weighted by atomic mass is 9.89. The molecule has 0 unspecified atom stereocenters. The lowest BCUT2D eigenvalue weighted by Gasteiger charge is -2.29. The molecule has 0 heterocycles. The molecule has 0 aromatic heterocycles. The fourth-order valence-corrected chi connectivity index (χ4v) is 3.14. The van der Waals surface area contributed by atoms with Crippen LogP contribution in [0.5, 0.6) is 0 Å². The molecule has 0 aliphatic heterocycles. The van der Waals surface area contributed by atoms with Crippen LogP contribution >= 0.6 is 0 Å². The second-order valence-corrected chi connectivity index (χ2v) is 5.83. The lowest BCUT2D eigenvalue weighted by Crippen LogP contribution is -2.28. The summed E-state index contributed by atoms with van der Waals surface area (Å²) in [5.74, 6) is -0.408. The molecule has 0 spiro atoms. The van der Waals surface area contributed by atoms with E-state index in [9.17, 15) is 8.78 Å². The number of nitrogens with two attached hydrogens (primary N) is 1. The van der Waals surface area contributed by atoms with Crippen molar-refractivity contribution in [2.75, 3.05) is 25.0 Å². The van der Waals surface area contributed by atoms with Crippen molar-refractivity contribution in [3.05, 3.63) is 29.3 Å². The van der Waals surface area contributed by atoms with Gasteiger partial charge in [0, 0.05) is 13.6 Å². The minimum absolute atomic E-state index is 0.0938. The van der Waals surface area contributed by atoms with Gasteiger partial charge in [0.2, 0.25) is 0 Å². The van der Waals surface area contributed by atoms with Gasteiger partial charge in [-0.3, -0.25) is 0 Å². The van der Waals surface area contributed by atoms with Crippen LogP contribution in [0.3, 0.4) is 0 Å². The predicted octanol–water partition coefficient (Wildman–Crippen LogP) is 3.48. The van der Waals surface area contributed by atoms with Gasteiger partial charge in [0.1, 0.15) is 17.3 Å². The zero-order chi connectivity index (χ0) is 14.5. The van der Waals surface area contributed by atoms with Crippen LogP contribution in [0.25, 0.3) is 0 Å². The molecule has 0 amide bonds. The molecule has 1 aromatic rings. The predicted molar refractivity (Wildman–Crippen MR) is 79.0 cm³/mol. The van der Waals surface area contributed by atoms with Gasteiger partial charge in [0.15, 0.2) is 0 Å². The second kappa shape index (κ2) is 7.02. The topological polar surface area (TPSA) is 29.3 Å². The molecule has 112 valence electrons. The molecule has 2 rings (SSSR count). The smallest absolute Gasteiger partial charge is 0.149 e. The average molecular weight is 282 g/mol. The molecule has 20 heavy (non-hydrogen) atoms. The maximum absolute atomic E-state index is 14.1. The molecule has 1 fully saturated rings. The Hall–Kier alpha value is -1.16. The SMILES string of the molecule is CN(CC1CCCCC1)c1c(F)cc(CCN)cc1F. The molecule has 0 bridgehead atoms. The normalized spacial score (nSPS) is 16.4. The van der Waals surface area contributed by atoms with Crippen molar-refractivity contribution in [3.8, 4) is 0 Å². The Kier molecular flexibility index (Phi) is 5.35.